The summed E-state index contributed by atoms with van der Waals surface area (Å²) in [4.78, 5) is 43.0. The second kappa shape index (κ2) is 9.78. The van der Waals surface area contributed by atoms with Crippen molar-refractivity contribution in [3.8, 4) is 5.75 Å². The molecule has 1 heterocycles. The van der Waals surface area contributed by atoms with E-state index >= 15 is 0 Å². The van der Waals surface area contributed by atoms with Crippen LogP contribution in [0.15, 0.2) is 47.5 Å². The molecule has 0 radical (unpaired) electrons. The second-order valence-corrected chi connectivity index (χ2v) is 8.31. The third kappa shape index (κ3) is 5.32. The van der Waals surface area contributed by atoms with Crippen molar-refractivity contribution in [3.63, 3.8) is 0 Å². The Morgan fingerprint density at radius 3 is 2.52 bits per heavy atom. The molecular weight excluding hydrogens is 414 g/mol. The van der Waals surface area contributed by atoms with Gasteiger partial charge in [-0.25, -0.2) is 4.99 Å². The normalized spacial score (nSPS) is 17.2. The van der Waals surface area contributed by atoms with Gasteiger partial charge in [-0.05, 0) is 62.7 Å². The average molecular weight is 440 g/mol. The van der Waals surface area contributed by atoms with Gasteiger partial charge in [0.05, 0.1) is 18.5 Å². The first-order chi connectivity index (χ1) is 14.8. The van der Waals surface area contributed by atoms with Crippen molar-refractivity contribution in [1.29, 1.82) is 0 Å². The fourth-order valence-corrected chi connectivity index (χ4v) is 4.41. The van der Waals surface area contributed by atoms with Crippen LogP contribution in [0.5, 0.6) is 5.75 Å². The average Bonchev–Trinajstić information content (AvgIpc) is 3.02. The van der Waals surface area contributed by atoms with Gasteiger partial charge < -0.3 is 10.1 Å². The highest BCUT2D eigenvalue weighted by atomic mass is 32.2. The summed E-state index contributed by atoms with van der Waals surface area (Å²) in [5, 5.41) is 2.84. The second-order valence-electron chi connectivity index (χ2n) is 7.14. The van der Waals surface area contributed by atoms with Crippen molar-refractivity contribution >= 4 is 45.9 Å². The molecule has 3 rings (SSSR count). The van der Waals surface area contributed by atoms with Crippen LogP contribution in [0.4, 0.5) is 11.4 Å². The minimum atomic E-state index is -0.550. The number of ketones is 1. The summed E-state index contributed by atoms with van der Waals surface area (Å²) in [7, 11) is 1.54. The lowest BCUT2D eigenvalue weighted by Gasteiger charge is -2.14. The molecule has 2 amide bonds. The van der Waals surface area contributed by atoms with Gasteiger partial charge in [-0.2, -0.15) is 0 Å². The van der Waals surface area contributed by atoms with E-state index in [2.05, 4.69) is 10.3 Å². The molecule has 7 nitrogen and oxygen atoms in total. The summed E-state index contributed by atoms with van der Waals surface area (Å²) in [5.41, 5.74) is 2.82. The zero-order valence-corrected chi connectivity index (χ0v) is 18.8. The molecule has 1 fully saturated rings. The first-order valence-electron chi connectivity index (χ1n) is 9.94. The van der Waals surface area contributed by atoms with Crippen LogP contribution in [0.25, 0.3) is 0 Å². The van der Waals surface area contributed by atoms with Crippen LogP contribution >= 0.6 is 11.8 Å². The highest BCUT2D eigenvalue weighted by Crippen LogP contribution is 2.32. The number of amides is 2. The van der Waals surface area contributed by atoms with E-state index in [1.54, 1.807) is 42.3 Å². The number of Topliss-reactive ketones (excluding diaryl/α,β-unsaturated/α-hetero) is 1. The van der Waals surface area contributed by atoms with Gasteiger partial charge in [-0.15, -0.1) is 0 Å². The third-order valence-corrected chi connectivity index (χ3v) is 6.01. The number of methoxy groups -OCH3 is 1. The molecule has 0 aromatic heterocycles. The topological polar surface area (TPSA) is 88.1 Å². The number of nitrogens with one attached hydrogen (secondary N) is 1. The first kappa shape index (κ1) is 22.6. The number of aryl methyl sites for hydroxylation is 1. The summed E-state index contributed by atoms with van der Waals surface area (Å²) in [6, 6.07) is 12.4. The van der Waals surface area contributed by atoms with Crippen LogP contribution in [-0.4, -0.2) is 46.6 Å². The monoisotopic (exact) mass is 439 g/mol. The highest BCUT2D eigenvalue weighted by Gasteiger charge is 2.38. The van der Waals surface area contributed by atoms with E-state index in [1.165, 1.54) is 18.7 Å². The zero-order valence-electron chi connectivity index (χ0n) is 18.0. The van der Waals surface area contributed by atoms with Crippen LogP contribution in [0.2, 0.25) is 0 Å². The van der Waals surface area contributed by atoms with Gasteiger partial charge in [-0.1, -0.05) is 17.8 Å². The van der Waals surface area contributed by atoms with Crippen LogP contribution in [0.1, 0.15) is 36.2 Å². The van der Waals surface area contributed by atoms with Gasteiger partial charge in [0.15, 0.2) is 11.0 Å². The first-order valence-corrected chi connectivity index (χ1v) is 10.8. The van der Waals surface area contributed by atoms with Gasteiger partial charge >= 0.3 is 0 Å². The molecule has 0 saturated carbocycles. The fraction of sp³-hybridized carbons (Fsp3) is 0.304. The Hall–Kier alpha value is -3.13. The zero-order chi connectivity index (χ0) is 22.5. The summed E-state index contributed by atoms with van der Waals surface area (Å²) in [5.74, 6) is 0.141. The quantitative estimate of drug-likeness (QED) is 0.654. The lowest BCUT2D eigenvalue weighted by molar-refractivity contribution is -0.128. The lowest BCUT2D eigenvalue weighted by Crippen LogP contribution is -2.33. The number of amidine groups is 1. The summed E-state index contributed by atoms with van der Waals surface area (Å²) in [6.07, 6.45) is 0.0272. The van der Waals surface area contributed by atoms with Crippen molar-refractivity contribution in [1.82, 2.24) is 4.90 Å². The third-order valence-electron chi connectivity index (χ3n) is 4.83. The standard InChI is InChI=1S/C23H25N3O4S/c1-5-26-22(29)20(13-21(28)25-18-12-14(2)6-11-19(18)30-4)31-23(26)24-17-9-7-16(8-10-17)15(3)27/h6-12,20H,5,13H2,1-4H3,(H,25,28). The summed E-state index contributed by atoms with van der Waals surface area (Å²) in [6.45, 7) is 5.76. The number of ether oxygens (including phenoxy) is 1. The number of hydrogen-bond acceptors (Lipinski definition) is 6. The van der Waals surface area contributed by atoms with Crippen molar-refractivity contribution in [3.05, 3.63) is 53.6 Å². The predicted octanol–water partition coefficient (Wildman–Crippen LogP) is 4.19. The van der Waals surface area contributed by atoms with Crippen molar-refractivity contribution in [2.75, 3.05) is 19.0 Å². The number of nitrogens with zero attached hydrogens (tertiary/aromatic N) is 2. The maximum Gasteiger partial charge on any atom is 0.242 e. The van der Waals surface area contributed by atoms with Crippen molar-refractivity contribution in [2.24, 2.45) is 4.99 Å². The van der Waals surface area contributed by atoms with Crippen molar-refractivity contribution in [2.45, 2.75) is 32.4 Å². The molecule has 2 aromatic rings. The molecule has 31 heavy (non-hydrogen) atoms. The number of carbonyl (C=O) groups excluding carboxylic acids is 3. The van der Waals surface area contributed by atoms with Gasteiger partial charge in [0, 0.05) is 18.5 Å². The molecule has 1 aliphatic heterocycles. The number of thioether (sulfide) groups is 1. The van der Waals surface area contributed by atoms with Crippen LogP contribution < -0.4 is 10.1 Å². The molecule has 8 heteroatoms. The summed E-state index contributed by atoms with van der Waals surface area (Å²) >= 11 is 1.28. The van der Waals surface area contributed by atoms with Gasteiger partial charge in [-0.3, -0.25) is 19.3 Å². The SMILES string of the molecule is CCN1C(=O)C(CC(=O)Nc2cc(C)ccc2OC)SC1=Nc1ccc(C(C)=O)cc1. The summed E-state index contributed by atoms with van der Waals surface area (Å²) < 4.78 is 5.30. The van der Waals surface area contributed by atoms with E-state index in [-0.39, 0.29) is 24.0 Å². The highest BCUT2D eigenvalue weighted by molar-refractivity contribution is 8.15. The van der Waals surface area contributed by atoms with Crippen LogP contribution in [0, 0.1) is 6.92 Å². The Balaban J connectivity index is 1.73. The number of aliphatic imine (C=N–C) groups is 1. The molecule has 1 N–H and O–H groups in total. The molecule has 1 atom stereocenters. The molecule has 0 bridgehead atoms. The molecule has 2 aromatic carbocycles. The van der Waals surface area contributed by atoms with Crippen LogP contribution in [0.3, 0.4) is 0 Å². The maximum atomic E-state index is 12.8. The smallest absolute Gasteiger partial charge is 0.242 e. The number of benzene rings is 2. The van der Waals surface area contributed by atoms with Crippen molar-refractivity contribution < 1.29 is 19.1 Å². The molecular formula is C23H25N3O4S. The van der Waals surface area contributed by atoms with E-state index in [0.717, 1.165) is 5.56 Å². The molecule has 1 saturated heterocycles. The van der Waals surface area contributed by atoms with E-state index in [4.69, 9.17) is 4.74 Å². The molecule has 1 aliphatic rings. The van der Waals surface area contributed by atoms with Gasteiger partial charge in [0.25, 0.3) is 0 Å². The minimum Gasteiger partial charge on any atom is -0.495 e. The van der Waals surface area contributed by atoms with E-state index < -0.39 is 5.25 Å². The Morgan fingerprint density at radius 1 is 1.19 bits per heavy atom. The lowest BCUT2D eigenvalue weighted by atomic mass is 10.1. The van der Waals surface area contributed by atoms with Gasteiger partial charge in [0.2, 0.25) is 11.8 Å². The maximum absolute atomic E-state index is 12.8. The Kier molecular flexibility index (Phi) is 7.12. The molecule has 0 aliphatic carbocycles. The van der Waals surface area contributed by atoms with Crippen LogP contribution in [-0.2, 0) is 9.59 Å². The van der Waals surface area contributed by atoms with E-state index in [0.29, 0.717) is 34.4 Å². The van der Waals surface area contributed by atoms with E-state index in [1.807, 2.05) is 26.0 Å². The molecule has 1 unspecified atom stereocenters. The Bertz CT molecular complexity index is 1030. The number of rotatable bonds is 7. The minimum absolute atomic E-state index is 0.0175. The van der Waals surface area contributed by atoms with E-state index in [9.17, 15) is 14.4 Å². The number of hydrogen-bond donors (Lipinski definition) is 1. The fourth-order valence-electron chi connectivity index (χ4n) is 3.19. The Labute approximate surface area is 185 Å². The molecule has 0 spiro atoms. The predicted molar refractivity (Wildman–Crippen MR) is 123 cm³/mol. The largest absolute Gasteiger partial charge is 0.495 e. The van der Waals surface area contributed by atoms with Gasteiger partial charge in [0.1, 0.15) is 11.0 Å². The Morgan fingerprint density at radius 2 is 1.90 bits per heavy atom. The molecule has 162 valence electrons. The number of anilines is 1. The number of carbonyl (C=O) groups is 3.